The third kappa shape index (κ3) is 2.49. The average Bonchev–Trinajstić information content (AvgIpc) is 2.46. The molecule has 1 aromatic heterocycles. The zero-order valence-corrected chi connectivity index (χ0v) is 10.5. The van der Waals surface area contributed by atoms with E-state index in [1.165, 1.54) is 0 Å². The molecule has 2 rings (SSSR count). The first-order valence-electron chi connectivity index (χ1n) is 5.03. The number of nitrogens with zero attached hydrogens (tertiary/aromatic N) is 1. The maximum Gasteiger partial charge on any atom is 0.0674 e. The van der Waals surface area contributed by atoms with Gasteiger partial charge in [0, 0.05) is 16.1 Å². The summed E-state index contributed by atoms with van der Waals surface area (Å²) in [6, 6.07) is 2.38. The minimum atomic E-state index is 0.183. The number of halogens is 1. The van der Waals surface area contributed by atoms with Crippen LogP contribution in [-0.4, -0.2) is 24.2 Å². The summed E-state index contributed by atoms with van der Waals surface area (Å²) in [6.45, 7) is 6.00. The molecule has 4 heteroatoms. The molecule has 0 aliphatic carbocycles. The number of hydrogen-bond donors (Lipinski definition) is 1. The summed E-state index contributed by atoms with van der Waals surface area (Å²) in [5.41, 5.74) is 1.22. The van der Waals surface area contributed by atoms with Gasteiger partial charge in [-0.05, 0) is 22.0 Å². The molecule has 0 aromatic carbocycles. The van der Waals surface area contributed by atoms with Crippen molar-refractivity contribution in [1.82, 2.24) is 4.98 Å². The van der Waals surface area contributed by atoms with Crippen LogP contribution in [0.5, 0.6) is 0 Å². The molecule has 1 fully saturated rings. The zero-order valence-electron chi connectivity index (χ0n) is 8.96. The van der Waals surface area contributed by atoms with Gasteiger partial charge in [0.1, 0.15) is 0 Å². The van der Waals surface area contributed by atoms with E-state index in [0.717, 1.165) is 23.4 Å². The highest BCUT2D eigenvalue weighted by Gasteiger charge is 2.35. The molecule has 0 saturated carbocycles. The van der Waals surface area contributed by atoms with E-state index >= 15 is 0 Å². The lowest BCUT2D eigenvalue weighted by molar-refractivity contribution is 0.167. The molecule has 0 spiro atoms. The first-order valence-corrected chi connectivity index (χ1v) is 5.82. The van der Waals surface area contributed by atoms with E-state index in [1.54, 1.807) is 6.20 Å². The lowest BCUT2D eigenvalue weighted by Gasteiger charge is -2.26. The number of anilines is 1. The zero-order chi connectivity index (χ0) is 10.9. The predicted octanol–water partition coefficient (Wildman–Crippen LogP) is 2.68. The molecule has 0 radical (unpaired) electrons. The van der Waals surface area contributed by atoms with Crippen molar-refractivity contribution in [2.45, 2.75) is 19.9 Å². The van der Waals surface area contributed by atoms with E-state index in [9.17, 15) is 0 Å². The van der Waals surface area contributed by atoms with Crippen molar-refractivity contribution in [2.75, 3.05) is 18.5 Å². The quantitative estimate of drug-likeness (QED) is 0.898. The van der Waals surface area contributed by atoms with Crippen LogP contribution >= 0.6 is 15.9 Å². The lowest BCUT2D eigenvalue weighted by Crippen LogP contribution is -2.34. The molecular weight excluding hydrogens is 256 g/mol. The summed E-state index contributed by atoms with van der Waals surface area (Å²) < 4.78 is 6.47. The minimum Gasteiger partial charge on any atom is -0.379 e. The first-order chi connectivity index (χ1) is 7.08. The van der Waals surface area contributed by atoms with E-state index in [2.05, 4.69) is 40.1 Å². The molecule has 1 aromatic rings. The second-order valence-corrected chi connectivity index (χ2v) is 5.51. The van der Waals surface area contributed by atoms with Crippen molar-refractivity contribution >= 4 is 21.6 Å². The summed E-state index contributed by atoms with van der Waals surface area (Å²) in [5, 5.41) is 3.45. The summed E-state index contributed by atoms with van der Waals surface area (Å²) in [6.07, 6.45) is 3.61. The van der Waals surface area contributed by atoms with E-state index < -0.39 is 0 Å². The average molecular weight is 271 g/mol. The number of ether oxygens (including phenoxy) is 1. The van der Waals surface area contributed by atoms with Crippen molar-refractivity contribution in [3.8, 4) is 0 Å². The second-order valence-electron chi connectivity index (χ2n) is 4.59. The molecule has 2 heterocycles. The Hall–Kier alpha value is -0.610. The Morgan fingerprint density at radius 3 is 2.93 bits per heavy atom. The lowest BCUT2D eigenvalue weighted by atomic mass is 9.88. The fraction of sp³-hybridized carbons (Fsp3) is 0.545. The molecular formula is C11H15BrN2O. The Balaban J connectivity index is 2.09. The van der Waals surface area contributed by atoms with Crippen LogP contribution in [0.1, 0.15) is 13.8 Å². The van der Waals surface area contributed by atoms with Crippen LogP contribution in [0, 0.1) is 5.41 Å². The number of pyridine rings is 1. The van der Waals surface area contributed by atoms with Gasteiger partial charge in [-0.15, -0.1) is 0 Å². The Bertz CT molecular complexity index is 354. The van der Waals surface area contributed by atoms with Crippen molar-refractivity contribution < 1.29 is 4.74 Å². The van der Waals surface area contributed by atoms with Crippen molar-refractivity contribution in [3.63, 3.8) is 0 Å². The summed E-state index contributed by atoms with van der Waals surface area (Å²) in [4.78, 5) is 4.12. The summed E-state index contributed by atoms with van der Waals surface area (Å²) in [5.74, 6) is 0. The van der Waals surface area contributed by atoms with Gasteiger partial charge in [-0.3, -0.25) is 4.98 Å². The predicted molar refractivity (Wildman–Crippen MR) is 63.9 cm³/mol. The van der Waals surface area contributed by atoms with E-state index in [-0.39, 0.29) is 5.41 Å². The summed E-state index contributed by atoms with van der Waals surface area (Å²) in [7, 11) is 0. The topological polar surface area (TPSA) is 34.1 Å². The van der Waals surface area contributed by atoms with E-state index in [4.69, 9.17) is 4.74 Å². The van der Waals surface area contributed by atoms with Gasteiger partial charge in [0.25, 0.3) is 0 Å². The highest BCUT2D eigenvalue weighted by atomic mass is 79.9. The highest BCUT2D eigenvalue weighted by molar-refractivity contribution is 9.10. The third-order valence-electron chi connectivity index (χ3n) is 2.75. The number of nitrogens with one attached hydrogen (secondary N) is 1. The van der Waals surface area contributed by atoms with Crippen LogP contribution in [0.4, 0.5) is 5.69 Å². The molecule has 1 N–H and O–H groups in total. The van der Waals surface area contributed by atoms with Crippen LogP contribution < -0.4 is 5.32 Å². The molecule has 1 unspecified atom stereocenters. The molecule has 82 valence electrons. The molecule has 0 bridgehead atoms. The van der Waals surface area contributed by atoms with Crippen LogP contribution in [-0.2, 0) is 4.74 Å². The molecule has 1 saturated heterocycles. The van der Waals surface area contributed by atoms with Crippen LogP contribution in [0.2, 0.25) is 0 Å². The Morgan fingerprint density at radius 2 is 2.33 bits per heavy atom. The third-order valence-corrected chi connectivity index (χ3v) is 3.18. The van der Waals surface area contributed by atoms with Gasteiger partial charge in [0.2, 0.25) is 0 Å². The van der Waals surface area contributed by atoms with Gasteiger partial charge in [0.15, 0.2) is 0 Å². The van der Waals surface area contributed by atoms with Crippen molar-refractivity contribution in [3.05, 3.63) is 22.9 Å². The van der Waals surface area contributed by atoms with Gasteiger partial charge in [-0.2, -0.15) is 0 Å². The van der Waals surface area contributed by atoms with Crippen molar-refractivity contribution in [1.29, 1.82) is 0 Å². The Morgan fingerprint density at radius 1 is 1.53 bits per heavy atom. The largest absolute Gasteiger partial charge is 0.379 e. The number of rotatable bonds is 2. The fourth-order valence-corrected chi connectivity index (χ4v) is 2.06. The number of hydrogen-bond acceptors (Lipinski definition) is 3. The molecule has 1 atom stereocenters. The Labute approximate surface area is 98.4 Å². The standard InChI is InChI=1S/C11H15BrN2O/c1-11(2)7-15-6-10(11)14-9-3-8(12)4-13-5-9/h3-5,10,14H,6-7H2,1-2H3. The van der Waals surface area contributed by atoms with Gasteiger partial charge in [-0.1, -0.05) is 13.8 Å². The normalized spacial score (nSPS) is 24.1. The maximum absolute atomic E-state index is 5.48. The van der Waals surface area contributed by atoms with E-state index in [1.807, 2.05) is 12.3 Å². The Kier molecular flexibility index (Phi) is 2.98. The van der Waals surface area contributed by atoms with Gasteiger partial charge in [-0.25, -0.2) is 0 Å². The van der Waals surface area contributed by atoms with E-state index in [0.29, 0.717) is 6.04 Å². The van der Waals surface area contributed by atoms with Crippen molar-refractivity contribution in [2.24, 2.45) is 5.41 Å². The molecule has 1 aliphatic rings. The molecule has 1 aliphatic heterocycles. The summed E-state index contributed by atoms with van der Waals surface area (Å²) >= 11 is 3.41. The van der Waals surface area contributed by atoms with Gasteiger partial charge < -0.3 is 10.1 Å². The smallest absolute Gasteiger partial charge is 0.0674 e. The molecule has 3 nitrogen and oxygen atoms in total. The van der Waals surface area contributed by atoms with Crippen LogP contribution in [0.3, 0.4) is 0 Å². The highest BCUT2D eigenvalue weighted by Crippen LogP contribution is 2.30. The fourth-order valence-electron chi connectivity index (χ4n) is 1.70. The minimum absolute atomic E-state index is 0.183. The van der Waals surface area contributed by atoms with Gasteiger partial charge >= 0.3 is 0 Å². The number of aromatic nitrogens is 1. The van der Waals surface area contributed by atoms with Gasteiger partial charge in [0.05, 0.1) is 31.1 Å². The monoisotopic (exact) mass is 270 g/mol. The second kappa shape index (κ2) is 4.10. The van der Waals surface area contributed by atoms with Crippen LogP contribution in [0.15, 0.2) is 22.9 Å². The van der Waals surface area contributed by atoms with Crippen LogP contribution in [0.25, 0.3) is 0 Å². The molecule has 0 amide bonds. The molecule has 15 heavy (non-hydrogen) atoms. The first kappa shape index (κ1) is 10.9. The maximum atomic E-state index is 5.48. The SMILES string of the molecule is CC1(C)COCC1Nc1cncc(Br)c1.